The monoisotopic (exact) mass is 803 g/mol. The molecule has 0 radical (unpaired) electrons. The summed E-state index contributed by atoms with van der Waals surface area (Å²) in [6.45, 7) is 20.7. The Kier molecular flexibility index (Phi) is 19.5. The molecule has 12 heteroatoms. The van der Waals surface area contributed by atoms with Crippen LogP contribution in [0.25, 0.3) is 0 Å². The number of nitrogens with zero attached hydrogens (tertiary/aromatic N) is 1. The molecule has 3 saturated heterocycles. The smallest absolute Gasteiger partial charge is 0.336 e. The summed E-state index contributed by atoms with van der Waals surface area (Å²) in [5.74, 6) is -1.35. The fourth-order valence-corrected chi connectivity index (χ4v) is 5.05. The van der Waals surface area contributed by atoms with E-state index in [0.29, 0.717) is 26.7 Å². The zero-order valence-electron chi connectivity index (χ0n) is 27.7. The van der Waals surface area contributed by atoms with Crippen LogP contribution in [-0.2, 0) is 19.1 Å². The van der Waals surface area contributed by atoms with E-state index in [1.807, 2.05) is 20.8 Å². The van der Waals surface area contributed by atoms with Crippen LogP contribution in [0.2, 0.25) is 0 Å². The van der Waals surface area contributed by atoms with Crippen molar-refractivity contribution in [1.29, 1.82) is 0 Å². The fraction of sp³-hybridized carbons (Fsp3) is 0.472. The SMILES string of the molecule is C.C=C(C(=O)OC(C)(C)C)C(O)c1cc(F)ccc1Br.C=CC(=O)OC(C)(C)C.O=Cc1cc(F)ccc1Br.OC1CN2CCC1CC2. The quantitative estimate of drug-likeness (QED) is 0.177. The van der Waals surface area contributed by atoms with Gasteiger partial charge in [-0.3, -0.25) is 4.79 Å². The van der Waals surface area contributed by atoms with E-state index in [2.05, 4.69) is 49.9 Å². The Labute approximate surface area is 300 Å². The number of hydrogen-bond acceptors (Lipinski definition) is 8. The molecule has 2 aromatic carbocycles. The minimum atomic E-state index is -1.32. The molecule has 2 atom stereocenters. The van der Waals surface area contributed by atoms with Gasteiger partial charge < -0.3 is 24.6 Å². The molecule has 3 fully saturated rings. The number of aliphatic hydroxyl groups excluding tert-OH is 2. The number of fused-ring (bicyclic) bond motifs is 3. The fourth-order valence-electron chi connectivity index (χ4n) is 4.25. The minimum absolute atomic E-state index is 0. The Balaban J connectivity index is 0.000000649. The lowest BCUT2D eigenvalue weighted by molar-refractivity contribution is -0.151. The first kappa shape index (κ1) is 45.2. The average molecular weight is 806 g/mol. The van der Waals surface area contributed by atoms with Gasteiger partial charge in [0.15, 0.2) is 6.29 Å². The van der Waals surface area contributed by atoms with Crippen molar-refractivity contribution in [3.63, 3.8) is 0 Å². The first-order valence-electron chi connectivity index (χ1n) is 14.9. The van der Waals surface area contributed by atoms with E-state index in [1.54, 1.807) is 20.8 Å². The van der Waals surface area contributed by atoms with Crippen molar-refractivity contribution in [1.82, 2.24) is 4.90 Å². The van der Waals surface area contributed by atoms with Crippen molar-refractivity contribution in [2.45, 2.75) is 85.2 Å². The number of piperidine rings is 3. The van der Waals surface area contributed by atoms with E-state index >= 15 is 0 Å². The largest absolute Gasteiger partial charge is 0.457 e. The van der Waals surface area contributed by atoms with Gasteiger partial charge in [-0.1, -0.05) is 52.4 Å². The van der Waals surface area contributed by atoms with E-state index in [9.17, 15) is 33.4 Å². The molecule has 0 amide bonds. The number of rotatable bonds is 5. The van der Waals surface area contributed by atoms with Crippen LogP contribution < -0.4 is 0 Å². The first-order valence-corrected chi connectivity index (χ1v) is 16.5. The third-order valence-corrected chi connectivity index (χ3v) is 7.97. The highest BCUT2D eigenvalue weighted by Gasteiger charge is 2.32. The highest BCUT2D eigenvalue weighted by atomic mass is 79.9. The summed E-state index contributed by atoms with van der Waals surface area (Å²) < 4.78 is 36.6. The molecule has 3 heterocycles. The third kappa shape index (κ3) is 17.1. The number of esters is 2. The van der Waals surface area contributed by atoms with Crippen LogP contribution in [0.4, 0.5) is 8.78 Å². The van der Waals surface area contributed by atoms with Crippen LogP contribution in [0, 0.1) is 17.6 Å². The molecule has 5 rings (SSSR count). The van der Waals surface area contributed by atoms with Gasteiger partial charge in [-0.15, -0.1) is 0 Å². The lowest BCUT2D eigenvalue weighted by Gasteiger charge is -2.42. The van der Waals surface area contributed by atoms with Crippen molar-refractivity contribution in [3.05, 3.63) is 92.9 Å². The molecule has 2 aromatic rings. The van der Waals surface area contributed by atoms with Crippen LogP contribution in [0.15, 0.2) is 70.2 Å². The molecule has 0 aromatic heterocycles. The minimum Gasteiger partial charge on any atom is -0.457 e. The first-order chi connectivity index (χ1) is 21.7. The number of aldehydes is 1. The standard InChI is InChI=1S/C14H16BrFO3.C7H4BrFO.C7H13NO.C7H12O2.CH4/c1-8(13(18)19-14(2,3)4)12(17)10-7-9(16)5-6-11(10)15;8-7-2-1-6(9)3-5(7)4-10;9-7-5-8-3-1-6(7)2-4-8;1-5-6(8)9-7(2,3)4;/h5-7,12,17H,1H2,2-4H3;1-4H;6-7,9H,1-5H2;5H,1H2,2-4H3;1H4. The number of ether oxygens (including phenoxy) is 2. The summed E-state index contributed by atoms with van der Waals surface area (Å²) in [6.07, 6.45) is 2.88. The van der Waals surface area contributed by atoms with Crippen molar-refractivity contribution < 1.29 is 42.9 Å². The zero-order chi connectivity index (χ0) is 36.1. The average Bonchev–Trinajstić information content (AvgIpc) is 2.98. The van der Waals surface area contributed by atoms with Crippen LogP contribution in [0.5, 0.6) is 0 Å². The molecular formula is C36H49Br2F2NO7. The topological polar surface area (TPSA) is 113 Å². The van der Waals surface area contributed by atoms with Gasteiger partial charge in [0.25, 0.3) is 0 Å². The second-order valence-electron chi connectivity index (χ2n) is 12.8. The summed E-state index contributed by atoms with van der Waals surface area (Å²) >= 11 is 6.28. The Morgan fingerprint density at radius 1 is 0.958 bits per heavy atom. The Morgan fingerprint density at radius 2 is 1.46 bits per heavy atom. The molecule has 0 aliphatic carbocycles. The molecule has 0 spiro atoms. The molecule has 2 bridgehead atoms. The van der Waals surface area contributed by atoms with Gasteiger partial charge in [-0.25, -0.2) is 18.4 Å². The van der Waals surface area contributed by atoms with E-state index < -0.39 is 34.9 Å². The Morgan fingerprint density at radius 3 is 1.81 bits per heavy atom. The molecule has 2 unspecified atom stereocenters. The van der Waals surface area contributed by atoms with Crippen molar-refractivity contribution in [2.75, 3.05) is 19.6 Å². The van der Waals surface area contributed by atoms with Gasteiger partial charge in [-0.05, 0) is 110 Å². The maximum atomic E-state index is 13.2. The number of aliphatic hydroxyl groups is 2. The summed E-state index contributed by atoms with van der Waals surface area (Å²) in [7, 11) is 0. The zero-order valence-corrected chi connectivity index (χ0v) is 30.9. The summed E-state index contributed by atoms with van der Waals surface area (Å²) in [4.78, 5) is 34.8. The second kappa shape index (κ2) is 20.7. The molecule has 3 aliphatic heterocycles. The van der Waals surface area contributed by atoms with Crippen molar-refractivity contribution >= 4 is 50.1 Å². The van der Waals surface area contributed by atoms with Crippen molar-refractivity contribution in [2.24, 2.45) is 5.92 Å². The number of hydrogen-bond donors (Lipinski definition) is 2. The number of carbonyl (C=O) groups excluding carboxylic acids is 3. The van der Waals surface area contributed by atoms with Crippen LogP contribution in [0.1, 0.15) is 83.8 Å². The van der Waals surface area contributed by atoms with Gasteiger partial charge in [0.05, 0.1) is 11.7 Å². The highest BCUT2D eigenvalue weighted by Crippen LogP contribution is 2.30. The van der Waals surface area contributed by atoms with Gasteiger partial charge in [0.1, 0.15) is 28.9 Å². The Hall–Kier alpha value is -2.77. The van der Waals surface area contributed by atoms with E-state index in [-0.39, 0.29) is 30.6 Å². The third-order valence-electron chi connectivity index (χ3n) is 6.52. The molecular weight excluding hydrogens is 756 g/mol. The molecule has 0 saturated carbocycles. The predicted octanol–water partition coefficient (Wildman–Crippen LogP) is 8.14. The number of benzene rings is 2. The molecule has 268 valence electrons. The second-order valence-corrected chi connectivity index (χ2v) is 14.5. The van der Waals surface area contributed by atoms with E-state index in [0.717, 1.165) is 18.7 Å². The van der Waals surface area contributed by atoms with Gasteiger partial charge >= 0.3 is 11.9 Å². The van der Waals surface area contributed by atoms with Crippen LogP contribution in [-0.4, -0.2) is 70.3 Å². The summed E-state index contributed by atoms with van der Waals surface area (Å²) in [6, 6.07) is 7.81. The molecule has 48 heavy (non-hydrogen) atoms. The highest BCUT2D eigenvalue weighted by molar-refractivity contribution is 9.10. The van der Waals surface area contributed by atoms with Gasteiger partial charge in [-0.2, -0.15) is 0 Å². The van der Waals surface area contributed by atoms with Crippen LogP contribution in [0.3, 0.4) is 0 Å². The number of halogens is 4. The maximum absolute atomic E-state index is 13.2. The van der Waals surface area contributed by atoms with Gasteiger partial charge in [0.2, 0.25) is 0 Å². The molecule has 3 aliphatic rings. The maximum Gasteiger partial charge on any atom is 0.336 e. The normalized spacial score (nSPS) is 18.4. The lowest BCUT2D eigenvalue weighted by atomic mass is 9.86. The Bertz CT molecular complexity index is 1380. The predicted molar refractivity (Wildman–Crippen MR) is 191 cm³/mol. The summed E-state index contributed by atoms with van der Waals surface area (Å²) in [5, 5.41) is 19.4. The van der Waals surface area contributed by atoms with Crippen LogP contribution >= 0.6 is 31.9 Å². The number of carbonyl (C=O) groups is 3. The molecule has 8 nitrogen and oxygen atoms in total. The summed E-state index contributed by atoms with van der Waals surface area (Å²) in [5.41, 5.74) is -0.651. The van der Waals surface area contributed by atoms with E-state index in [4.69, 9.17) is 9.47 Å². The van der Waals surface area contributed by atoms with Gasteiger partial charge in [0, 0.05) is 32.7 Å². The molecule has 2 N–H and O–H groups in total. The van der Waals surface area contributed by atoms with E-state index in [1.165, 1.54) is 56.3 Å². The lowest BCUT2D eigenvalue weighted by Crippen LogP contribution is -2.50. The van der Waals surface area contributed by atoms with Crippen molar-refractivity contribution in [3.8, 4) is 0 Å².